The van der Waals surface area contributed by atoms with Gasteiger partial charge in [-0.05, 0) is 36.8 Å². The minimum atomic E-state index is -0.364. The number of ether oxygens (including phenoxy) is 1. The van der Waals surface area contributed by atoms with Crippen LogP contribution in [0.25, 0.3) is 0 Å². The van der Waals surface area contributed by atoms with E-state index in [2.05, 4.69) is 20.0 Å². The summed E-state index contributed by atoms with van der Waals surface area (Å²) in [4.78, 5) is 11.3. The largest absolute Gasteiger partial charge is 0.465 e. The fourth-order valence-corrected chi connectivity index (χ4v) is 1.68. The molecule has 2 rings (SSSR count). The highest BCUT2D eigenvalue weighted by Crippen LogP contribution is 2.04. The average molecular weight is 276 g/mol. The van der Waals surface area contributed by atoms with Gasteiger partial charge in [-0.25, -0.2) is 4.79 Å². The molecule has 0 aliphatic rings. The molecule has 0 spiro atoms. The fourth-order valence-electron chi connectivity index (χ4n) is 1.45. The number of rotatable bonds is 3. The zero-order valence-electron chi connectivity index (χ0n) is 10.5. The molecule has 0 amide bonds. The van der Waals surface area contributed by atoms with Gasteiger partial charge in [-0.15, -0.1) is 0 Å². The number of carbonyl (C=O) groups excluding carboxylic acids is 1. The van der Waals surface area contributed by atoms with Crippen molar-refractivity contribution in [3.8, 4) is 0 Å². The number of methoxy groups -OCH3 is 1. The predicted octanol–water partition coefficient (Wildman–Crippen LogP) is 1.92. The Balaban J connectivity index is 2.20. The Kier molecular flexibility index (Phi) is 3.86. The number of aromatic nitrogens is 3. The van der Waals surface area contributed by atoms with Crippen LogP contribution in [0.1, 0.15) is 21.7 Å². The summed E-state index contributed by atoms with van der Waals surface area (Å²) in [6.07, 6.45) is 1.64. The Morgan fingerprint density at radius 2 is 2.16 bits per heavy atom. The molecule has 1 heterocycles. The first-order valence-corrected chi connectivity index (χ1v) is 5.89. The van der Waals surface area contributed by atoms with Crippen molar-refractivity contribution in [2.24, 2.45) is 5.10 Å². The Bertz CT molecular complexity index is 670. The van der Waals surface area contributed by atoms with Crippen LogP contribution in [0.3, 0.4) is 0 Å². The van der Waals surface area contributed by atoms with Crippen LogP contribution in [0.4, 0.5) is 0 Å². The number of hydrogen-bond acceptors (Lipinski definition) is 5. The van der Waals surface area contributed by atoms with Crippen LogP contribution >= 0.6 is 12.2 Å². The van der Waals surface area contributed by atoms with Gasteiger partial charge in [-0.1, -0.05) is 12.1 Å². The van der Waals surface area contributed by atoms with Gasteiger partial charge in [0.25, 0.3) is 0 Å². The maximum Gasteiger partial charge on any atom is 0.337 e. The molecule has 7 heteroatoms. The van der Waals surface area contributed by atoms with E-state index >= 15 is 0 Å². The van der Waals surface area contributed by atoms with E-state index in [4.69, 9.17) is 12.2 Å². The second-order valence-electron chi connectivity index (χ2n) is 3.75. The van der Waals surface area contributed by atoms with Gasteiger partial charge in [0.2, 0.25) is 4.77 Å². The number of H-pyrrole nitrogens is 1. The molecule has 19 heavy (non-hydrogen) atoms. The van der Waals surface area contributed by atoms with Crippen LogP contribution in [0.5, 0.6) is 0 Å². The van der Waals surface area contributed by atoms with E-state index in [0.29, 0.717) is 16.2 Å². The number of benzene rings is 1. The summed E-state index contributed by atoms with van der Waals surface area (Å²) in [7, 11) is 1.35. The van der Waals surface area contributed by atoms with Crippen molar-refractivity contribution in [1.82, 2.24) is 14.9 Å². The average Bonchev–Trinajstić information content (AvgIpc) is 2.75. The molecule has 6 nitrogen and oxygen atoms in total. The van der Waals surface area contributed by atoms with Crippen molar-refractivity contribution >= 4 is 24.4 Å². The first kappa shape index (κ1) is 13.2. The molecule has 0 fully saturated rings. The number of carbonyl (C=O) groups is 1. The summed E-state index contributed by atoms with van der Waals surface area (Å²) in [6, 6.07) is 6.90. The molecule has 1 aromatic carbocycles. The van der Waals surface area contributed by atoms with E-state index in [0.717, 1.165) is 5.56 Å². The Morgan fingerprint density at radius 3 is 2.68 bits per heavy atom. The molecule has 1 aromatic heterocycles. The number of nitrogens with one attached hydrogen (secondary N) is 1. The van der Waals surface area contributed by atoms with Crippen molar-refractivity contribution in [3.63, 3.8) is 0 Å². The van der Waals surface area contributed by atoms with Gasteiger partial charge in [0, 0.05) is 0 Å². The topological polar surface area (TPSA) is 72.3 Å². The third-order valence-electron chi connectivity index (χ3n) is 2.47. The van der Waals surface area contributed by atoms with Gasteiger partial charge in [-0.3, -0.25) is 5.10 Å². The fraction of sp³-hybridized carbons (Fsp3) is 0.167. The van der Waals surface area contributed by atoms with Crippen molar-refractivity contribution in [2.75, 3.05) is 7.11 Å². The van der Waals surface area contributed by atoms with Crippen molar-refractivity contribution in [3.05, 3.63) is 46.0 Å². The highest BCUT2D eigenvalue weighted by Gasteiger charge is 2.03. The van der Waals surface area contributed by atoms with Crippen LogP contribution in [-0.2, 0) is 4.74 Å². The van der Waals surface area contributed by atoms with Crippen molar-refractivity contribution in [1.29, 1.82) is 0 Å². The van der Waals surface area contributed by atoms with Gasteiger partial charge in [0.05, 0.1) is 18.9 Å². The van der Waals surface area contributed by atoms with E-state index in [1.807, 2.05) is 0 Å². The quantitative estimate of drug-likeness (QED) is 0.528. The van der Waals surface area contributed by atoms with Gasteiger partial charge >= 0.3 is 5.97 Å². The minimum absolute atomic E-state index is 0.364. The molecular weight excluding hydrogens is 264 g/mol. The summed E-state index contributed by atoms with van der Waals surface area (Å²) < 4.78 is 6.57. The maximum absolute atomic E-state index is 11.3. The van der Waals surface area contributed by atoms with Gasteiger partial charge in [-0.2, -0.15) is 14.9 Å². The molecule has 0 saturated carbocycles. The van der Waals surface area contributed by atoms with Crippen LogP contribution in [0.2, 0.25) is 0 Å². The summed E-state index contributed by atoms with van der Waals surface area (Å²) >= 11 is 5.03. The maximum atomic E-state index is 11.3. The molecule has 1 N–H and O–H groups in total. The highest BCUT2D eigenvalue weighted by atomic mass is 32.1. The van der Waals surface area contributed by atoms with Gasteiger partial charge < -0.3 is 4.74 Å². The van der Waals surface area contributed by atoms with Crippen LogP contribution in [0.15, 0.2) is 29.4 Å². The van der Waals surface area contributed by atoms with Crippen LogP contribution < -0.4 is 0 Å². The van der Waals surface area contributed by atoms with Gasteiger partial charge in [0.1, 0.15) is 5.82 Å². The first-order valence-electron chi connectivity index (χ1n) is 5.48. The van der Waals surface area contributed by atoms with E-state index < -0.39 is 0 Å². The normalized spacial score (nSPS) is 10.8. The Hall–Kier alpha value is -2.28. The van der Waals surface area contributed by atoms with Crippen LogP contribution in [-0.4, -0.2) is 34.2 Å². The lowest BCUT2D eigenvalue weighted by molar-refractivity contribution is 0.0601. The molecule has 0 bridgehead atoms. The van der Waals surface area contributed by atoms with Crippen molar-refractivity contribution < 1.29 is 9.53 Å². The molecule has 0 saturated heterocycles. The minimum Gasteiger partial charge on any atom is -0.465 e. The summed E-state index contributed by atoms with van der Waals surface area (Å²) in [5.41, 5.74) is 1.34. The van der Waals surface area contributed by atoms with E-state index in [1.165, 1.54) is 11.8 Å². The van der Waals surface area contributed by atoms with E-state index in [-0.39, 0.29) is 5.97 Å². The molecule has 0 unspecified atom stereocenters. The van der Waals surface area contributed by atoms with E-state index in [9.17, 15) is 4.79 Å². The number of aryl methyl sites for hydroxylation is 1. The zero-order valence-corrected chi connectivity index (χ0v) is 11.3. The lowest BCUT2D eigenvalue weighted by atomic mass is 10.1. The number of nitrogens with zero attached hydrogens (tertiary/aromatic N) is 3. The summed E-state index contributed by atoms with van der Waals surface area (Å²) in [5.74, 6) is 0.309. The lowest BCUT2D eigenvalue weighted by Gasteiger charge is -1.99. The van der Waals surface area contributed by atoms with Crippen LogP contribution in [0, 0.1) is 11.7 Å². The third-order valence-corrected chi connectivity index (χ3v) is 2.73. The molecular formula is C12H12N4O2S. The lowest BCUT2D eigenvalue weighted by Crippen LogP contribution is -2.01. The number of hydrogen-bond donors (Lipinski definition) is 1. The number of esters is 1. The van der Waals surface area contributed by atoms with Crippen molar-refractivity contribution in [2.45, 2.75) is 6.92 Å². The first-order chi connectivity index (χ1) is 9.11. The molecule has 98 valence electrons. The molecule has 0 aliphatic heterocycles. The molecule has 2 aromatic rings. The SMILES string of the molecule is COC(=O)c1ccc(/C=N/n2c(C)n[nH]c2=S)cc1. The number of aromatic amines is 1. The monoisotopic (exact) mass is 276 g/mol. The second-order valence-corrected chi connectivity index (χ2v) is 4.13. The predicted molar refractivity (Wildman–Crippen MR) is 72.9 cm³/mol. The Morgan fingerprint density at radius 1 is 1.47 bits per heavy atom. The summed E-state index contributed by atoms with van der Waals surface area (Å²) in [5, 5.41) is 10.8. The van der Waals surface area contributed by atoms with Gasteiger partial charge in [0.15, 0.2) is 0 Å². The van der Waals surface area contributed by atoms with E-state index in [1.54, 1.807) is 37.4 Å². The molecule has 0 atom stereocenters. The molecule has 0 radical (unpaired) electrons. The summed E-state index contributed by atoms with van der Waals surface area (Å²) in [6.45, 7) is 1.80. The second kappa shape index (κ2) is 5.57. The highest BCUT2D eigenvalue weighted by molar-refractivity contribution is 7.71. The molecule has 0 aliphatic carbocycles. The smallest absolute Gasteiger partial charge is 0.337 e. The standard InChI is InChI=1S/C12H12N4O2S/c1-8-14-15-12(19)16(8)13-7-9-3-5-10(6-4-9)11(17)18-2/h3-7H,1-2H3,(H,15,19)/b13-7+. The zero-order chi connectivity index (χ0) is 13.8. The Labute approximate surface area is 114 Å². The third kappa shape index (κ3) is 2.94.